The van der Waals surface area contributed by atoms with Crippen molar-refractivity contribution in [3.63, 3.8) is 0 Å². The second kappa shape index (κ2) is 6.22. The Morgan fingerprint density at radius 1 is 1.17 bits per heavy atom. The molecule has 0 radical (unpaired) electrons. The van der Waals surface area contributed by atoms with Crippen LogP contribution in [-0.4, -0.2) is 25.0 Å². The van der Waals surface area contributed by atoms with E-state index < -0.39 is 17.6 Å². The van der Waals surface area contributed by atoms with Gasteiger partial charge in [-0.25, -0.2) is 14.1 Å². The zero-order valence-electron chi connectivity index (χ0n) is 11.9. The quantitative estimate of drug-likeness (QED) is 0.684. The van der Waals surface area contributed by atoms with Gasteiger partial charge in [0.25, 0.3) is 0 Å². The Kier molecular flexibility index (Phi) is 4.11. The lowest BCUT2D eigenvalue weighted by Crippen LogP contribution is -2.09. The van der Waals surface area contributed by atoms with E-state index in [9.17, 15) is 17.6 Å². The molecule has 1 aromatic carbocycles. The summed E-state index contributed by atoms with van der Waals surface area (Å²) in [6.45, 7) is 0.00597. The van der Waals surface area contributed by atoms with Crippen LogP contribution in [0.5, 0.6) is 5.88 Å². The Hall–Kier alpha value is -3.04. The van der Waals surface area contributed by atoms with E-state index in [4.69, 9.17) is 4.74 Å². The zero-order valence-corrected chi connectivity index (χ0v) is 11.9. The van der Waals surface area contributed by atoms with Crippen molar-refractivity contribution in [2.45, 2.75) is 12.8 Å². The average Bonchev–Trinajstić information content (AvgIpc) is 3.02. The predicted molar refractivity (Wildman–Crippen MR) is 72.7 cm³/mol. The first-order chi connectivity index (χ1) is 11.4. The third kappa shape index (κ3) is 3.47. The molecule has 0 saturated heterocycles. The lowest BCUT2D eigenvalue weighted by atomic mass is 10.2. The minimum Gasteiger partial charge on any atom is -0.470 e. The maximum Gasteiger partial charge on any atom is 0.419 e. The Morgan fingerprint density at radius 2 is 2.00 bits per heavy atom. The summed E-state index contributed by atoms with van der Waals surface area (Å²) in [5.74, 6) is -1.08. The predicted octanol–water partition coefficient (Wildman–Crippen LogP) is 2.79. The molecule has 0 aliphatic heterocycles. The molecule has 0 aliphatic rings. The Morgan fingerprint density at radius 3 is 2.71 bits per heavy atom. The highest BCUT2D eigenvalue weighted by Crippen LogP contribution is 2.32. The monoisotopic (exact) mass is 339 g/mol. The highest BCUT2D eigenvalue weighted by atomic mass is 19.4. The molecule has 0 amide bonds. The highest BCUT2D eigenvalue weighted by Gasteiger charge is 2.34. The van der Waals surface area contributed by atoms with Gasteiger partial charge in [0.05, 0.1) is 23.6 Å². The van der Waals surface area contributed by atoms with Crippen LogP contribution in [-0.2, 0) is 12.8 Å². The first kappa shape index (κ1) is 15.8. The highest BCUT2D eigenvalue weighted by molar-refractivity contribution is 5.37. The molecule has 0 atom stereocenters. The van der Waals surface area contributed by atoms with Crippen molar-refractivity contribution in [1.29, 1.82) is 0 Å². The van der Waals surface area contributed by atoms with E-state index in [1.165, 1.54) is 30.9 Å². The summed E-state index contributed by atoms with van der Waals surface area (Å²) in [4.78, 5) is 7.72. The summed E-state index contributed by atoms with van der Waals surface area (Å²) in [5, 5.41) is 7.50. The lowest BCUT2D eigenvalue weighted by Gasteiger charge is -2.09. The van der Waals surface area contributed by atoms with Crippen molar-refractivity contribution in [2.24, 2.45) is 0 Å². The third-order valence-electron chi connectivity index (χ3n) is 2.97. The number of benzene rings is 1. The van der Waals surface area contributed by atoms with Crippen LogP contribution in [0.2, 0.25) is 0 Å². The average molecular weight is 339 g/mol. The number of alkyl halides is 3. The molecule has 0 N–H and O–H groups in total. The smallest absolute Gasteiger partial charge is 0.419 e. The number of hydrogen-bond acceptors (Lipinski definition) is 5. The van der Waals surface area contributed by atoms with Gasteiger partial charge in [-0.2, -0.15) is 13.2 Å². The molecule has 3 aromatic rings. The van der Waals surface area contributed by atoms with E-state index in [1.807, 2.05) is 0 Å². The summed E-state index contributed by atoms with van der Waals surface area (Å²) in [6.07, 6.45) is 0.918. The molecular formula is C14H9F4N5O. The molecule has 24 heavy (non-hydrogen) atoms. The fraction of sp³-hybridized carbons (Fsp3) is 0.143. The van der Waals surface area contributed by atoms with Crippen molar-refractivity contribution in [1.82, 2.24) is 25.0 Å². The summed E-state index contributed by atoms with van der Waals surface area (Å²) in [6, 6.07) is 2.57. The van der Waals surface area contributed by atoms with Gasteiger partial charge in [-0.05, 0) is 18.2 Å². The van der Waals surface area contributed by atoms with Gasteiger partial charge in [-0.15, -0.1) is 5.10 Å². The van der Waals surface area contributed by atoms with E-state index in [0.717, 1.165) is 10.7 Å². The normalized spacial score (nSPS) is 11.5. The zero-order chi connectivity index (χ0) is 17.2. The van der Waals surface area contributed by atoms with Gasteiger partial charge in [0.15, 0.2) is 0 Å². The number of ether oxygens (including phenoxy) is 1. The van der Waals surface area contributed by atoms with Gasteiger partial charge in [-0.3, -0.25) is 4.98 Å². The van der Waals surface area contributed by atoms with E-state index in [-0.39, 0.29) is 18.2 Å². The first-order valence-electron chi connectivity index (χ1n) is 6.60. The van der Waals surface area contributed by atoms with Crippen LogP contribution in [0.25, 0.3) is 5.69 Å². The molecule has 0 bridgehead atoms. The van der Waals surface area contributed by atoms with Crippen LogP contribution < -0.4 is 4.74 Å². The second-order valence-corrected chi connectivity index (χ2v) is 4.65. The standard InChI is InChI=1S/C14H9F4N5O/c15-12-2-1-10(5-11(12)14(16,17)18)23-7-9(21-22-23)8-24-13-6-19-3-4-20-13/h1-7H,8H2. The van der Waals surface area contributed by atoms with Crippen molar-refractivity contribution >= 4 is 0 Å². The topological polar surface area (TPSA) is 65.7 Å². The van der Waals surface area contributed by atoms with Crippen molar-refractivity contribution in [2.75, 3.05) is 0 Å². The Labute approximate surface area is 132 Å². The number of halogens is 4. The van der Waals surface area contributed by atoms with Crippen LogP contribution in [0.3, 0.4) is 0 Å². The fourth-order valence-corrected chi connectivity index (χ4v) is 1.87. The summed E-state index contributed by atoms with van der Waals surface area (Å²) >= 11 is 0. The molecular weight excluding hydrogens is 330 g/mol. The van der Waals surface area contributed by atoms with Gasteiger partial charge >= 0.3 is 6.18 Å². The largest absolute Gasteiger partial charge is 0.470 e. The number of rotatable bonds is 4. The minimum absolute atomic E-state index is 0.00597. The van der Waals surface area contributed by atoms with Gasteiger partial charge in [0.2, 0.25) is 5.88 Å². The fourth-order valence-electron chi connectivity index (χ4n) is 1.87. The summed E-state index contributed by atoms with van der Waals surface area (Å²) in [5.41, 5.74) is -0.978. The van der Waals surface area contributed by atoms with Crippen LogP contribution >= 0.6 is 0 Å². The number of hydrogen-bond donors (Lipinski definition) is 0. The molecule has 124 valence electrons. The Bertz CT molecular complexity index is 835. The van der Waals surface area contributed by atoms with E-state index in [1.54, 1.807) is 0 Å². The maximum absolute atomic E-state index is 13.3. The third-order valence-corrected chi connectivity index (χ3v) is 2.97. The second-order valence-electron chi connectivity index (χ2n) is 4.65. The van der Waals surface area contributed by atoms with Crippen molar-refractivity contribution in [3.05, 3.63) is 60.1 Å². The SMILES string of the molecule is Fc1ccc(-n2cc(COc3cnccn3)nn2)cc1C(F)(F)F. The van der Waals surface area contributed by atoms with Crippen LogP contribution in [0.15, 0.2) is 43.0 Å². The van der Waals surface area contributed by atoms with Gasteiger partial charge in [0, 0.05) is 12.4 Å². The lowest BCUT2D eigenvalue weighted by molar-refractivity contribution is -0.140. The van der Waals surface area contributed by atoms with Crippen LogP contribution in [0, 0.1) is 5.82 Å². The maximum atomic E-state index is 13.3. The summed E-state index contributed by atoms with van der Waals surface area (Å²) < 4.78 is 57.9. The molecule has 6 nitrogen and oxygen atoms in total. The molecule has 2 heterocycles. The van der Waals surface area contributed by atoms with Gasteiger partial charge < -0.3 is 4.74 Å². The van der Waals surface area contributed by atoms with E-state index in [0.29, 0.717) is 11.8 Å². The Balaban J connectivity index is 1.78. The van der Waals surface area contributed by atoms with Gasteiger partial charge in [-0.1, -0.05) is 5.21 Å². The molecule has 2 aromatic heterocycles. The van der Waals surface area contributed by atoms with Crippen molar-refractivity contribution in [3.8, 4) is 11.6 Å². The molecule has 10 heteroatoms. The van der Waals surface area contributed by atoms with E-state index >= 15 is 0 Å². The number of nitrogens with zero attached hydrogens (tertiary/aromatic N) is 5. The molecule has 0 spiro atoms. The molecule has 0 fully saturated rings. The van der Waals surface area contributed by atoms with Crippen LogP contribution in [0.1, 0.15) is 11.3 Å². The van der Waals surface area contributed by atoms with Crippen molar-refractivity contribution < 1.29 is 22.3 Å². The molecule has 0 unspecified atom stereocenters. The summed E-state index contributed by atoms with van der Waals surface area (Å²) in [7, 11) is 0. The van der Waals surface area contributed by atoms with E-state index in [2.05, 4.69) is 20.3 Å². The number of aromatic nitrogens is 5. The molecule has 0 saturated carbocycles. The van der Waals surface area contributed by atoms with Crippen LogP contribution in [0.4, 0.5) is 17.6 Å². The molecule has 3 rings (SSSR count). The minimum atomic E-state index is -4.79. The van der Waals surface area contributed by atoms with Gasteiger partial charge in [0.1, 0.15) is 18.1 Å². The molecule has 0 aliphatic carbocycles. The first-order valence-corrected chi connectivity index (χ1v) is 6.60.